The summed E-state index contributed by atoms with van der Waals surface area (Å²) in [5, 5.41) is 2.27. The van der Waals surface area contributed by atoms with Crippen LogP contribution in [0.5, 0.6) is 0 Å². The Morgan fingerprint density at radius 2 is 1.19 bits per heavy atom. The van der Waals surface area contributed by atoms with Gasteiger partial charge in [0.1, 0.15) is 11.2 Å². The highest BCUT2D eigenvalue weighted by Crippen LogP contribution is 2.36. The summed E-state index contributed by atoms with van der Waals surface area (Å²) < 4.78 is 6.78. The summed E-state index contributed by atoms with van der Waals surface area (Å²) in [5.74, 6) is 0. The minimum Gasteiger partial charge on any atom is -0.455 e. The van der Waals surface area contributed by atoms with E-state index >= 15 is 0 Å². The van der Waals surface area contributed by atoms with E-state index in [9.17, 15) is 0 Å². The molecule has 2 aromatic heterocycles. The number of fused-ring (bicyclic) bond motifs is 3. The summed E-state index contributed by atoms with van der Waals surface area (Å²) in [7, 11) is 0. The van der Waals surface area contributed by atoms with Crippen LogP contribution in [0.1, 0.15) is 0 Å². The van der Waals surface area contributed by atoms with E-state index in [2.05, 4.69) is 86.6 Å². The molecule has 3 nitrogen and oxygen atoms in total. The Bertz CT molecular complexity index is 1570. The molecule has 6 rings (SSSR count). The van der Waals surface area contributed by atoms with Crippen molar-refractivity contribution in [1.82, 2.24) is 9.97 Å². The van der Waals surface area contributed by atoms with Crippen LogP contribution < -0.4 is 0 Å². The van der Waals surface area contributed by atoms with Crippen LogP contribution in [0.25, 0.3) is 55.6 Å². The maximum Gasteiger partial charge on any atom is 0.197 e. The molecule has 0 unspecified atom stereocenters. The van der Waals surface area contributed by atoms with Gasteiger partial charge >= 0.3 is 0 Å². The van der Waals surface area contributed by atoms with Crippen LogP contribution >= 0.6 is 15.9 Å². The van der Waals surface area contributed by atoms with Crippen molar-refractivity contribution in [2.45, 2.75) is 0 Å². The Morgan fingerprint density at radius 1 is 0.562 bits per heavy atom. The Balaban J connectivity index is 1.42. The van der Waals surface area contributed by atoms with Crippen LogP contribution in [-0.2, 0) is 0 Å². The molecule has 0 spiro atoms. The fraction of sp³-hybridized carbons (Fsp3) is 0. The van der Waals surface area contributed by atoms with Crippen molar-refractivity contribution in [1.29, 1.82) is 0 Å². The van der Waals surface area contributed by atoms with Gasteiger partial charge in [0.15, 0.2) is 4.73 Å². The van der Waals surface area contributed by atoms with Crippen molar-refractivity contribution in [3.05, 3.63) is 108 Å². The van der Waals surface area contributed by atoms with Crippen LogP contribution in [0.2, 0.25) is 0 Å². The molecule has 4 aromatic carbocycles. The SMILES string of the molecule is Brc1nc(-c2ccccc2)cc(-c2ccc(-c3cccc4c3oc3ccccc34)cc2)n1. The molecule has 0 radical (unpaired) electrons. The van der Waals surface area contributed by atoms with Crippen LogP contribution in [0.3, 0.4) is 0 Å². The number of nitrogens with zero attached hydrogens (tertiary/aromatic N) is 2. The average Bonchev–Trinajstić information content (AvgIpc) is 3.23. The van der Waals surface area contributed by atoms with Crippen molar-refractivity contribution >= 4 is 37.9 Å². The molecule has 152 valence electrons. The predicted octanol–water partition coefficient (Wildman–Crippen LogP) is 8.14. The molecule has 0 saturated heterocycles. The first-order valence-electron chi connectivity index (χ1n) is 10.4. The monoisotopic (exact) mass is 476 g/mol. The third kappa shape index (κ3) is 3.29. The molecule has 0 amide bonds. The summed E-state index contributed by atoms with van der Waals surface area (Å²) in [6, 6.07) is 35.1. The largest absolute Gasteiger partial charge is 0.455 e. The molecular weight excluding hydrogens is 460 g/mol. The van der Waals surface area contributed by atoms with Gasteiger partial charge in [-0.05, 0) is 33.6 Å². The third-order valence-electron chi connectivity index (χ3n) is 5.66. The van der Waals surface area contributed by atoms with Gasteiger partial charge in [0.25, 0.3) is 0 Å². The molecule has 0 aliphatic heterocycles. The zero-order valence-corrected chi connectivity index (χ0v) is 18.6. The highest BCUT2D eigenvalue weighted by Gasteiger charge is 2.12. The fourth-order valence-corrected chi connectivity index (χ4v) is 4.50. The number of benzene rings is 4. The zero-order chi connectivity index (χ0) is 21.5. The summed E-state index contributed by atoms with van der Waals surface area (Å²) in [6.07, 6.45) is 0. The van der Waals surface area contributed by atoms with Crippen molar-refractivity contribution in [2.75, 3.05) is 0 Å². The van der Waals surface area contributed by atoms with E-state index in [4.69, 9.17) is 4.42 Å². The lowest BCUT2D eigenvalue weighted by atomic mass is 10.00. The Morgan fingerprint density at radius 3 is 1.97 bits per heavy atom. The van der Waals surface area contributed by atoms with E-state index < -0.39 is 0 Å². The predicted molar refractivity (Wildman–Crippen MR) is 133 cm³/mol. The summed E-state index contributed by atoms with van der Waals surface area (Å²) in [5.41, 5.74) is 7.87. The minimum atomic E-state index is 0.574. The van der Waals surface area contributed by atoms with Gasteiger partial charge in [-0.25, -0.2) is 9.97 Å². The van der Waals surface area contributed by atoms with E-state index in [0.29, 0.717) is 4.73 Å². The van der Waals surface area contributed by atoms with E-state index in [1.165, 1.54) is 0 Å². The van der Waals surface area contributed by atoms with Gasteiger partial charge in [0.2, 0.25) is 0 Å². The topological polar surface area (TPSA) is 38.9 Å². The second-order valence-electron chi connectivity index (χ2n) is 7.63. The number of hydrogen-bond donors (Lipinski definition) is 0. The molecule has 0 N–H and O–H groups in total. The summed E-state index contributed by atoms with van der Waals surface area (Å²) in [4.78, 5) is 9.14. The maximum atomic E-state index is 6.21. The number of para-hydroxylation sites is 2. The number of furan rings is 1. The molecular formula is C28H17BrN2O. The summed E-state index contributed by atoms with van der Waals surface area (Å²) in [6.45, 7) is 0. The molecule has 32 heavy (non-hydrogen) atoms. The minimum absolute atomic E-state index is 0.574. The first-order valence-corrected chi connectivity index (χ1v) is 11.2. The molecule has 0 saturated carbocycles. The highest BCUT2D eigenvalue weighted by atomic mass is 79.9. The molecule has 4 heteroatoms. The van der Waals surface area contributed by atoms with Gasteiger partial charge in [-0.3, -0.25) is 0 Å². The quantitative estimate of drug-likeness (QED) is 0.242. The lowest BCUT2D eigenvalue weighted by molar-refractivity contribution is 0.670. The fourth-order valence-electron chi connectivity index (χ4n) is 4.12. The second kappa shape index (κ2) is 7.74. The lowest BCUT2D eigenvalue weighted by Gasteiger charge is -2.08. The van der Waals surface area contributed by atoms with Crippen molar-refractivity contribution in [2.24, 2.45) is 0 Å². The molecule has 0 atom stereocenters. The van der Waals surface area contributed by atoms with Gasteiger partial charge in [-0.2, -0.15) is 0 Å². The van der Waals surface area contributed by atoms with Crippen molar-refractivity contribution < 1.29 is 4.42 Å². The smallest absolute Gasteiger partial charge is 0.197 e. The second-order valence-corrected chi connectivity index (χ2v) is 8.34. The zero-order valence-electron chi connectivity index (χ0n) is 17.0. The van der Waals surface area contributed by atoms with E-state index in [0.717, 1.165) is 55.6 Å². The number of aromatic nitrogens is 2. The van der Waals surface area contributed by atoms with Gasteiger partial charge < -0.3 is 4.42 Å². The number of hydrogen-bond acceptors (Lipinski definition) is 3. The Hall–Kier alpha value is -3.76. The van der Waals surface area contributed by atoms with E-state index in [1.54, 1.807) is 0 Å². The first-order chi connectivity index (χ1) is 15.8. The molecule has 0 aliphatic carbocycles. The third-order valence-corrected chi connectivity index (χ3v) is 6.02. The van der Waals surface area contributed by atoms with E-state index in [1.807, 2.05) is 42.5 Å². The van der Waals surface area contributed by atoms with Gasteiger partial charge in [0.05, 0.1) is 11.4 Å². The van der Waals surface area contributed by atoms with Crippen molar-refractivity contribution in [3.8, 4) is 33.6 Å². The lowest BCUT2D eigenvalue weighted by Crippen LogP contribution is -1.92. The molecule has 6 aromatic rings. The molecule has 0 fully saturated rings. The normalized spacial score (nSPS) is 11.3. The highest BCUT2D eigenvalue weighted by molar-refractivity contribution is 9.10. The maximum absolute atomic E-state index is 6.21. The van der Waals surface area contributed by atoms with Crippen LogP contribution in [-0.4, -0.2) is 9.97 Å². The van der Waals surface area contributed by atoms with Crippen LogP contribution in [0.4, 0.5) is 0 Å². The van der Waals surface area contributed by atoms with Crippen LogP contribution in [0, 0.1) is 0 Å². The molecule has 0 bridgehead atoms. The molecule has 0 aliphatic rings. The standard InChI is InChI=1S/C28H17BrN2O/c29-28-30-24(19-7-2-1-3-8-19)17-25(31-28)20-15-13-18(14-16-20)21-10-6-11-23-22-9-4-5-12-26(22)32-27(21)23/h1-17H. The van der Waals surface area contributed by atoms with Crippen LogP contribution in [0.15, 0.2) is 112 Å². The average molecular weight is 477 g/mol. The Kier molecular flexibility index (Phi) is 4.58. The van der Waals surface area contributed by atoms with Gasteiger partial charge in [-0.15, -0.1) is 0 Å². The summed E-state index contributed by atoms with van der Waals surface area (Å²) >= 11 is 3.47. The first kappa shape index (κ1) is 19.0. The van der Waals surface area contributed by atoms with Gasteiger partial charge in [0, 0.05) is 27.5 Å². The Labute approximate surface area is 193 Å². The van der Waals surface area contributed by atoms with Gasteiger partial charge in [-0.1, -0.05) is 91.0 Å². The number of halogens is 1. The van der Waals surface area contributed by atoms with Crippen molar-refractivity contribution in [3.63, 3.8) is 0 Å². The molecule has 2 heterocycles. The number of rotatable bonds is 3. The van der Waals surface area contributed by atoms with E-state index in [-0.39, 0.29) is 0 Å².